The monoisotopic (exact) mass is 385 g/mol. The fraction of sp³-hybridized carbons (Fsp3) is 0.333. The number of anilines is 3. The Balaban J connectivity index is 0.00000136. The number of aromatic nitrogens is 1. The van der Waals surface area contributed by atoms with Crippen LogP contribution < -0.4 is 16.4 Å². The average Bonchev–Trinajstić information content (AvgIpc) is 2.72. The number of ketones is 1. The van der Waals surface area contributed by atoms with E-state index in [1.807, 2.05) is 6.07 Å². The van der Waals surface area contributed by atoms with Crippen molar-refractivity contribution in [2.24, 2.45) is 0 Å². The molecule has 6 nitrogen and oxygen atoms in total. The number of nitrogens with zero attached hydrogens (tertiary/aromatic N) is 3. The van der Waals surface area contributed by atoms with Gasteiger partial charge in [-0.25, -0.2) is 9.37 Å². The number of halogens is 1. The Hall–Kier alpha value is -2.93. The molecule has 1 aliphatic rings. The molecule has 0 unspecified atom stereocenters. The number of benzene rings is 1. The first kappa shape index (κ1) is 21.4. The number of hydrogen-bond acceptors (Lipinski definition) is 6. The van der Waals surface area contributed by atoms with Gasteiger partial charge in [0.05, 0.1) is 5.69 Å². The highest BCUT2D eigenvalue weighted by atomic mass is 19.1. The summed E-state index contributed by atoms with van der Waals surface area (Å²) in [5.41, 5.74) is 12.8. The highest BCUT2D eigenvalue weighted by Crippen LogP contribution is 2.19. The van der Waals surface area contributed by atoms with Gasteiger partial charge in [0.2, 0.25) is 0 Å². The van der Waals surface area contributed by atoms with Crippen LogP contribution in [0, 0.1) is 5.82 Å². The molecule has 0 amide bonds. The van der Waals surface area contributed by atoms with Crippen LogP contribution in [0.1, 0.15) is 12.0 Å². The Kier molecular flexibility index (Phi) is 7.95. The van der Waals surface area contributed by atoms with Gasteiger partial charge in [-0.15, -0.1) is 13.2 Å². The standard InChI is InChI=1S/C19H24FN5O.C2H4/c20-15-3-1-14(2-4-15)13-16(26)7-8-24-9-11-25(12-10-24)18-6-5-17(21)19(22)23-18;1-2/h1-6H,7-13,21H2,(H2,22,23);1-2H2. The van der Waals surface area contributed by atoms with Gasteiger partial charge in [-0.05, 0) is 29.8 Å². The van der Waals surface area contributed by atoms with E-state index < -0.39 is 0 Å². The van der Waals surface area contributed by atoms with Crippen LogP contribution in [0.15, 0.2) is 49.6 Å². The molecule has 4 N–H and O–H groups in total. The number of rotatable bonds is 6. The molecule has 1 aliphatic heterocycles. The molecule has 2 aromatic rings. The predicted octanol–water partition coefficient (Wildman–Crippen LogP) is 2.51. The maximum absolute atomic E-state index is 12.9. The first-order valence-corrected chi connectivity index (χ1v) is 9.27. The third-order valence-electron chi connectivity index (χ3n) is 4.66. The van der Waals surface area contributed by atoms with Gasteiger partial charge in [-0.1, -0.05) is 12.1 Å². The molecule has 7 heteroatoms. The quantitative estimate of drug-likeness (QED) is 0.743. The second kappa shape index (κ2) is 10.4. The fourth-order valence-electron chi connectivity index (χ4n) is 3.05. The molecule has 1 saturated heterocycles. The second-order valence-electron chi connectivity index (χ2n) is 6.56. The molecule has 0 atom stereocenters. The number of hydrogen-bond donors (Lipinski definition) is 2. The average molecular weight is 385 g/mol. The van der Waals surface area contributed by atoms with Crippen LogP contribution in [0.25, 0.3) is 0 Å². The lowest BCUT2D eigenvalue weighted by Gasteiger charge is -2.35. The van der Waals surface area contributed by atoms with Gasteiger partial charge in [-0.2, -0.15) is 0 Å². The number of piperazine rings is 1. The summed E-state index contributed by atoms with van der Waals surface area (Å²) in [5.74, 6) is 1.09. The first-order valence-electron chi connectivity index (χ1n) is 9.27. The van der Waals surface area contributed by atoms with E-state index in [0.717, 1.165) is 44.1 Å². The Morgan fingerprint density at radius 2 is 1.68 bits per heavy atom. The lowest BCUT2D eigenvalue weighted by Crippen LogP contribution is -2.47. The van der Waals surface area contributed by atoms with Gasteiger partial charge in [0.1, 0.15) is 23.2 Å². The molecule has 1 aromatic heterocycles. The minimum Gasteiger partial charge on any atom is -0.396 e. The molecule has 0 spiro atoms. The second-order valence-corrected chi connectivity index (χ2v) is 6.56. The molecule has 1 fully saturated rings. The van der Waals surface area contributed by atoms with Crippen LogP contribution in [0.5, 0.6) is 0 Å². The smallest absolute Gasteiger partial charge is 0.149 e. The molecule has 0 aliphatic carbocycles. The lowest BCUT2D eigenvalue weighted by atomic mass is 10.1. The molecular weight excluding hydrogens is 357 g/mol. The summed E-state index contributed by atoms with van der Waals surface area (Å²) < 4.78 is 12.9. The molecule has 0 saturated carbocycles. The highest BCUT2D eigenvalue weighted by molar-refractivity contribution is 5.81. The number of nitrogen functional groups attached to an aromatic ring is 2. The Morgan fingerprint density at radius 1 is 1.04 bits per heavy atom. The van der Waals surface area contributed by atoms with E-state index >= 15 is 0 Å². The van der Waals surface area contributed by atoms with Crippen molar-refractivity contribution in [3.8, 4) is 0 Å². The van der Waals surface area contributed by atoms with Crippen molar-refractivity contribution in [1.82, 2.24) is 9.88 Å². The van der Waals surface area contributed by atoms with Crippen molar-refractivity contribution in [2.45, 2.75) is 12.8 Å². The maximum atomic E-state index is 12.9. The van der Waals surface area contributed by atoms with Crippen molar-refractivity contribution in [3.05, 3.63) is 60.9 Å². The number of pyridine rings is 1. The predicted molar refractivity (Wildman–Crippen MR) is 113 cm³/mol. The van der Waals surface area contributed by atoms with E-state index in [1.54, 1.807) is 18.2 Å². The summed E-state index contributed by atoms with van der Waals surface area (Å²) in [4.78, 5) is 20.9. The number of carbonyl (C=O) groups is 1. The van der Waals surface area contributed by atoms with E-state index in [4.69, 9.17) is 11.5 Å². The topological polar surface area (TPSA) is 88.5 Å². The number of nitrogens with two attached hydrogens (primary N) is 2. The van der Waals surface area contributed by atoms with E-state index in [9.17, 15) is 9.18 Å². The molecule has 2 heterocycles. The van der Waals surface area contributed by atoms with Gasteiger partial charge in [0.15, 0.2) is 0 Å². The normalized spacial score (nSPS) is 14.2. The minimum atomic E-state index is -0.281. The molecule has 3 rings (SSSR count). The van der Waals surface area contributed by atoms with Crippen LogP contribution in [-0.4, -0.2) is 48.4 Å². The van der Waals surface area contributed by atoms with Crippen molar-refractivity contribution < 1.29 is 9.18 Å². The van der Waals surface area contributed by atoms with Crippen molar-refractivity contribution in [2.75, 3.05) is 49.1 Å². The Bertz CT molecular complexity index is 773. The van der Waals surface area contributed by atoms with Crippen LogP contribution in [-0.2, 0) is 11.2 Å². The summed E-state index contributed by atoms with van der Waals surface area (Å²) >= 11 is 0. The van der Waals surface area contributed by atoms with E-state index in [1.165, 1.54) is 12.1 Å². The third kappa shape index (κ3) is 6.06. The molecular formula is C21H28FN5O. The first-order chi connectivity index (χ1) is 13.5. The van der Waals surface area contributed by atoms with E-state index in [2.05, 4.69) is 27.9 Å². The summed E-state index contributed by atoms with van der Waals surface area (Å²) in [6, 6.07) is 9.76. The Labute approximate surface area is 165 Å². The maximum Gasteiger partial charge on any atom is 0.149 e. The zero-order valence-electron chi connectivity index (χ0n) is 16.1. The van der Waals surface area contributed by atoms with Gasteiger partial charge in [0, 0.05) is 45.6 Å². The summed E-state index contributed by atoms with van der Waals surface area (Å²) in [7, 11) is 0. The fourth-order valence-corrected chi connectivity index (χ4v) is 3.05. The number of Topliss-reactive ketones (excluding diaryl/α,β-unsaturated/α-hetero) is 1. The van der Waals surface area contributed by atoms with Gasteiger partial charge in [0.25, 0.3) is 0 Å². The third-order valence-corrected chi connectivity index (χ3v) is 4.66. The minimum absolute atomic E-state index is 0.173. The Morgan fingerprint density at radius 3 is 2.29 bits per heavy atom. The van der Waals surface area contributed by atoms with Crippen molar-refractivity contribution in [1.29, 1.82) is 0 Å². The van der Waals surface area contributed by atoms with Gasteiger partial charge < -0.3 is 16.4 Å². The van der Waals surface area contributed by atoms with Gasteiger partial charge in [-0.3, -0.25) is 9.69 Å². The van der Waals surface area contributed by atoms with Crippen LogP contribution in [0.4, 0.5) is 21.7 Å². The number of carbonyl (C=O) groups excluding carboxylic acids is 1. The molecule has 0 radical (unpaired) electrons. The van der Waals surface area contributed by atoms with Crippen molar-refractivity contribution in [3.63, 3.8) is 0 Å². The SMILES string of the molecule is C=C.Nc1ccc(N2CCN(CCC(=O)Cc3ccc(F)cc3)CC2)nc1N. The van der Waals surface area contributed by atoms with Crippen LogP contribution >= 0.6 is 0 Å². The summed E-state index contributed by atoms with van der Waals surface area (Å²) in [6.07, 6.45) is 0.860. The summed E-state index contributed by atoms with van der Waals surface area (Å²) in [5, 5.41) is 0. The molecule has 1 aromatic carbocycles. The molecule has 150 valence electrons. The highest BCUT2D eigenvalue weighted by Gasteiger charge is 2.19. The lowest BCUT2D eigenvalue weighted by molar-refractivity contribution is -0.118. The molecule has 0 bridgehead atoms. The summed E-state index contributed by atoms with van der Waals surface area (Å²) in [6.45, 7) is 10.2. The van der Waals surface area contributed by atoms with Crippen LogP contribution in [0.2, 0.25) is 0 Å². The zero-order valence-corrected chi connectivity index (χ0v) is 16.1. The molecule has 28 heavy (non-hydrogen) atoms. The zero-order chi connectivity index (χ0) is 20.5. The van der Waals surface area contributed by atoms with E-state index in [-0.39, 0.29) is 11.6 Å². The largest absolute Gasteiger partial charge is 0.396 e. The van der Waals surface area contributed by atoms with E-state index in [0.29, 0.717) is 24.3 Å². The van der Waals surface area contributed by atoms with Gasteiger partial charge >= 0.3 is 0 Å². The van der Waals surface area contributed by atoms with Crippen LogP contribution in [0.3, 0.4) is 0 Å². The van der Waals surface area contributed by atoms with Crippen molar-refractivity contribution >= 4 is 23.1 Å².